The summed E-state index contributed by atoms with van der Waals surface area (Å²) in [6, 6.07) is 3.40. The van der Waals surface area contributed by atoms with E-state index in [4.69, 9.17) is 10.00 Å². The molecule has 3 atom stereocenters. The molecule has 32 heavy (non-hydrogen) atoms. The molecule has 7 nitrogen and oxygen atoms in total. The summed E-state index contributed by atoms with van der Waals surface area (Å²) in [7, 11) is 0. The number of nitro benzene ring substituents is 1. The number of pyridine rings is 1. The molecule has 0 aliphatic carbocycles. The van der Waals surface area contributed by atoms with Gasteiger partial charge in [-0.05, 0) is 30.2 Å². The van der Waals surface area contributed by atoms with Crippen LogP contribution in [0.5, 0.6) is 5.75 Å². The maximum Gasteiger partial charge on any atom is 0.423 e. The Morgan fingerprint density at radius 1 is 1.22 bits per heavy atom. The zero-order valence-corrected chi connectivity index (χ0v) is 15.9. The van der Waals surface area contributed by atoms with Crippen LogP contribution >= 0.6 is 0 Å². The molecule has 1 aliphatic heterocycles. The van der Waals surface area contributed by atoms with Crippen LogP contribution in [0.4, 0.5) is 32.0 Å². The monoisotopic (exact) mass is 460 g/mol. The average molecular weight is 460 g/mol. The average Bonchev–Trinajstić information content (AvgIpc) is 3.16. The third-order valence-corrected chi connectivity index (χ3v) is 4.96. The first-order valence-corrected chi connectivity index (χ1v) is 9.07. The number of ether oxygens (including phenoxy) is 1. The number of rotatable bonds is 5. The van der Waals surface area contributed by atoms with Crippen LogP contribution in [0.15, 0.2) is 36.5 Å². The van der Waals surface area contributed by atoms with Gasteiger partial charge in [-0.3, -0.25) is 15.4 Å². The highest BCUT2D eigenvalue weighted by atomic mass is 19.4. The molecule has 2 aromatic rings. The standard InChI is InChI=1S/C19H14F6N4O3/c20-18(21,22)15-5-10(1-4-16(15)29(30)31)14-6-12(28-17(14)19(23,24)25)9-32-13-3-2-11(7-26)27-8-13/h1-5,8,12,14,17,28H,6,9H2. The fraction of sp³-hybridized carbons (Fsp3) is 0.368. The molecule has 1 aromatic heterocycles. The highest BCUT2D eigenvalue weighted by molar-refractivity contribution is 5.46. The molecule has 13 heteroatoms. The van der Waals surface area contributed by atoms with Crippen molar-refractivity contribution in [3.63, 3.8) is 0 Å². The number of nitrogens with one attached hydrogen (secondary N) is 1. The summed E-state index contributed by atoms with van der Waals surface area (Å²) in [5.74, 6) is -1.21. The lowest BCUT2D eigenvalue weighted by atomic mass is 9.89. The minimum atomic E-state index is -5.11. The first-order chi connectivity index (χ1) is 14.9. The second-order valence-corrected chi connectivity index (χ2v) is 7.06. The molecule has 0 radical (unpaired) electrons. The Balaban J connectivity index is 1.84. The third-order valence-electron chi connectivity index (χ3n) is 4.96. The van der Waals surface area contributed by atoms with Crippen molar-refractivity contribution >= 4 is 5.69 Å². The highest BCUT2D eigenvalue weighted by Gasteiger charge is 2.51. The van der Waals surface area contributed by atoms with Crippen molar-refractivity contribution in [3.8, 4) is 11.8 Å². The third kappa shape index (κ3) is 5.08. The van der Waals surface area contributed by atoms with Gasteiger partial charge in [0.05, 0.1) is 11.1 Å². The molecule has 1 N–H and O–H groups in total. The summed E-state index contributed by atoms with van der Waals surface area (Å²) in [4.78, 5) is 13.4. The molecule has 2 heterocycles. The molecule has 0 amide bonds. The van der Waals surface area contributed by atoms with Gasteiger partial charge in [-0.1, -0.05) is 6.07 Å². The van der Waals surface area contributed by atoms with E-state index >= 15 is 0 Å². The summed E-state index contributed by atoms with van der Waals surface area (Å²) in [6.45, 7) is -0.240. The van der Waals surface area contributed by atoms with Crippen molar-refractivity contribution in [3.05, 3.63) is 63.5 Å². The summed E-state index contributed by atoms with van der Waals surface area (Å²) < 4.78 is 85.9. The number of alkyl halides is 6. The van der Waals surface area contributed by atoms with Gasteiger partial charge in [-0.15, -0.1) is 0 Å². The molecule has 3 rings (SSSR count). The number of nitrogens with zero attached hydrogens (tertiary/aromatic N) is 3. The van der Waals surface area contributed by atoms with E-state index in [0.29, 0.717) is 12.1 Å². The summed E-state index contributed by atoms with van der Waals surface area (Å²) in [5.41, 5.74) is -3.04. The maximum absolute atomic E-state index is 13.6. The number of benzene rings is 1. The van der Waals surface area contributed by atoms with E-state index in [-0.39, 0.29) is 30.0 Å². The lowest BCUT2D eigenvalue weighted by Crippen LogP contribution is -2.44. The van der Waals surface area contributed by atoms with E-state index < -0.39 is 46.5 Å². The summed E-state index contributed by atoms with van der Waals surface area (Å²) in [5, 5.41) is 22.0. The van der Waals surface area contributed by atoms with Gasteiger partial charge in [0.15, 0.2) is 0 Å². The van der Waals surface area contributed by atoms with E-state index in [2.05, 4.69) is 10.3 Å². The summed E-state index contributed by atoms with van der Waals surface area (Å²) in [6.07, 6.45) is -8.89. The van der Waals surface area contributed by atoms with Crippen LogP contribution in [0.2, 0.25) is 0 Å². The van der Waals surface area contributed by atoms with Gasteiger partial charge in [0, 0.05) is 18.0 Å². The van der Waals surface area contributed by atoms with Crippen LogP contribution in [-0.4, -0.2) is 34.8 Å². The Labute approximate surface area is 176 Å². The van der Waals surface area contributed by atoms with Crippen LogP contribution < -0.4 is 10.1 Å². The van der Waals surface area contributed by atoms with Gasteiger partial charge in [0.2, 0.25) is 0 Å². The minimum Gasteiger partial charge on any atom is -0.490 e. The van der Waals surface area contributed by atoms with Crippen LogP contribution in [0.3, 0.4) is 0 Å². The molecule has 1 saturated heterocycles. The predicted octanol–water partition coefficient (Wildman–Crippen LogP) is 4.34. The second kappa shape index (κ2) is 8.62. The van der Waals surface area contributed by atoms with E-state index in [0.717, 1.165) is 6.07 Å². The first-order valence-electron chi connectivity index (χ1n) is 9.07. The van der Waals surface area contributed by atoms with Crippen LogP contribution in [0.25, 0.3) is 0 Å². The lowest BCUT2D eigenvalue weighted by Gasteiger charge is -2.23. The molecule has 0 spiro atoms. The quantitative estimate of drug-likeness (QED) is 0.405. The Morgan fingerprint density at radius 2 is 1.94 bits per heavy atom. The summed E-state index contributed by atoms with van der Waals surface area (Å²) >= 11 is 0. The number of hydrogen-bond donors (Lipinski definition) is 1. The van der Waals surface area contributed by atoms with E-state index in [1.54, 1.807) is 6.07 Å². The molecule has 1 aromatic carbocycles. The van der Waals surface area contributed by atoms with Crippen molar-refractivity contribution in [1.82, 2.24) is 10.3 Å². The number of nitriles is 1. The Hall–Kier alpha value is -3.40. The number of hydrogen-bond acceptors (Lipinski definition) is 6. The SMILES string of the molecule is N#Cc1ccc(OCC2CC(c3ccc([N+](=O)[O-])c(C(F)(F)F)c3)C(C(F)(F)F)N2)cn1. The van der Waals surface area contributed by atoms with Gasteiger partial charge < -0.3 is 4.74 Å². The van der Waals surface area contributed by atoms with E-state index in [1.165, 1.54) is 18.3 Å². The van der Waals surface area contributed by atoms with Gasteiger partial charge in [0.25, 0.3) is 5.69 Å². The van der Waals surface area contributed by atoms with Crippen molar-refractivity contribution in [2.24, 2.45) is 0 Å². The molecule has 0 bridgehead atoms. The lowest BCUT2D eigenvalue weighted by molar-refractivity contribution is -0.388. The van der Waals surface area contributed by atoms with Crippen molar-refractivity contribution in [2.45, 2.75) is 36.8 Å². The van der Waals surface area contributed by atoms with Gasteiger partial charge in [-0.25, -0.2) is 4.98 Å². The van der Waals surface area contributed by atoms with Gasteiger partial charge in [0.1, 0.15) is 35.7 Å². The molecule has 1 aliphatic rings. The number of halogens is 6. The fourth-order valence-corrected chi connectivity index (χ4v) is 3.55. The van der Waals surface area contributed by atoms with Crippen LogP contribution in [0.1, 0.15) is 29.2 Å². The smallest absolute Gasteiger partial charge is 0.423 e. The van der Waals surface area contributed by atoms with Gasteiger partial charge in [-0.2, -0.15) is 31.6 Å². The second-order valence-electron chi connectivity index (χ2n) is 7.06. The normalized spacial score (nSPS) is 21.2. The predicted molar refractivity (Wildman–Crippen MR) is 96.7 cm³/mol. The van der Waals surface area contributed by atoms with E-state index in [9.17, 15) is 36.5 Å². The van der Waals surface area contributed by atoms with Crippen molar-refractivity contribution < 1.29 is 36.0 Å². The first kappa shape index (κ1) is 23.3. The van der Waals surface area contributed by atoms with E-state index in [1.807, 2.05) is 0 Å². The fourth-order valence-electron chi connectivity index (χ4n) is 3.55. The zero-order chi connectivity index (χ0) is 23.7. The molecule has 170 valence electrons. The van der Waals surface area contributed by atoms with Crippen LogP contribution in [0, 0.1) is 21.4 Å². The van der Waals surface area contributed by atoms with Crippen LogP contribution in [-0.2, 0) is 6.18 Å². The van der Waals surface area contributed by atoms with Crippen molar-refractivity contribution in [2.75, 3.05) is 6.61 Å². The molecular formula is C19H14F6N4O3. The molecular weight excluding hydrogens is 446 g/mol. The molecule has 0 saturated carbocycles. The van der Waals surface area contributed by atoms with Gasteiger partial charge >= 0.3 is 12.4 Å². The Kier molecular flexibility index (Phi) is 6.27. The Morgan fingerprint density at radius 3 is 2.47 bits per heavy atom. The Bertz CT molecular complexity index is 1030. The minimum absolute atomic E-state index is 0.118. The van der Waals surface area contributed by atoms with Crippen molar-refractivity contribution in [1.29, 1.82) is 5.26 Å². The highest BCUT2D eigenvalue weighted by Crippen LogP contribution is 2.43. The number of nitro groups is 1. The number of aromatic nitrogens is 1. The molecule has 1 fully saturated rings. The zero-order valence-electron chi connectivity index (χ0n) is 15.9. The topological polar surface area (TPSA) is 101 Å². The maximum atomic E-state index is 13.6. The molecule has 3 unspecified atom stereocenters. The largest absolute Gasteiger partial charge is 0.490 e.